The molecule has 3 unspecified atom stereocenters. The van der Waals surface area contributed by atoms with E-state index in [9.17, 15) is 4.57 Å². The topological polar surface area (TPSA) is 44.8 Å². The molecule has 0 spiro atoms. The summed E-state index contributed by atoms with van der Waals surface area (Å²) >= 11 is 17.8. The fourth-order valence-corrected chi connectivity index (χ4v) is 2.75. The molecule has 0 saturated carbocycles. The first-order chi connectivity index (χ1) is 9.36. The van der Waals surface area contributed by atoms with Crippen LogP contribution < -0.4 is 0 Å². The normalized spacial score (nSPS) is 19.3. The maximum Gasteiger partial charge on any atom is 0.474 e. The minimum Gasteiger partial charge on any atom is -0.285 e. The van der Waals surface area contributed by atoms with E-state index < -0.39 is 7.82 Å². The molecular formula is C12H24Cl3O4P. The van der Waals surface area contributed by atoms with Gasteiger partial charge in [-0.25, -0.2) is 4.57 Å². The molecule has 0 fully saturated rings. The van der Waals surface area contributed by atoms with E-state index >= 15 is 0 Å². The molecule has 8 heteroatoms. The quantitative estimate of drug-likeness (QED) is 0.350. The van der Waals surface area contributed by atoms with Crippen molar-refractivity contribution in [3.05, 3.63) is 0 Å². The van der Waals surface area contributed by atoms with Gasteiger partial charge in [0.15, 0.2) is 0 Å². The van der Waals surface area contributed by atoms with Gasteiger partial charge in [0.25, 0.3) is 0 Å². The fourth-order valence-electron chi connectivity index (χ4n) is 0.982. The highest BCUT2D eigenvalue weighted by Gasteiger charge is 2.29. The molecule has 0 radical (unpaired) electrons. The second-order valence-electron chi connectivity index (χ2n) is 4.35. The minimum absolute atomic E-state index is 0.0908. The Morgan fingerprint density at radius 3 is 1.20 bits per heavy atom. The number of hydrogen-bond donors (Lipinski definition) is 0. The summed E-state index contributed by atoms with van der Waals surface area (Å²) in [5.41, 5.74) is 0. The van der Waals surface area contributed by atoms with Crippen LogP contribution in [0.25, 0.3) is 0 Å². The Morgan fingerprint density at radius 2 is 1.00 bits per heavy atom. The third kappa shape index (κ3) is 9.83. The standard InChI is InChI=1S/C12H24Cl3O4P/c1-4-10(13)7-17-20(16,18-8-11(14)5-2)19-9-12(15)6-3/h10-12H,4-9H2,1-3H3. The first-order valence-corrected chi connectivity index (χ1v) is 9.59. The van der Waals surface area contributed by atoms with E-state index in [2.05, 4.69) is 0 Å². The lowest BCUT2D eigenvalue weighted by Crippen LogP contribution is -2.15. The molecule has 0 aromatic rings. The molecular weight excluding hydrogens is 345 g/mol. The Morgan fingerprint density at radius 1 is 0.750 bits per heavy atom. The molecule has 3 atom stereocenters. The average Bonchev–Trinajstić information content (AvgIpc) is 2.47. The van der Waals surface area contributed by atoms with Crippen molar-refractivity contribution in [3.8, 4) is 0 Å². The number of hydrogen-bond acceptors (Lipinski definition) is 4. The number of rotatable bonds is 12. The number of phosphoric acid groups is 1. The van der Waals surface area contributed by atoms with E-state index in [0.29, 0.717) is 19.3 Å². The fraction of sp³-hybridized carbons (Fsp3) is 1.00. The molecule has 0 heterocycles. The van der Waals surface area contributed by atoms with Crippen LogP contribution in [0.2, 0.25) is 0 Å². The smallest absolute Gasteiger partial charge is 0.285 e. The van der Waals surface area contributed by atoms with Crippen LogP contribution >= 0.6 is 42.6 Å². The van der Waals surface area contributed by atoms with E-state index in [-0.39, 0.29) is 36.0 Å². The van der Waals surface area contributed by atoms with Gasteiger partial charge in [0.1, 0.15) is 0 Å². The van der Waals surface area contributed by atoms with Crippen molar-refractivity contribution in [2.75, 3.05) is 19.8 Å². The molecule has 0 aliphatic carbocycles. The van der Waals surface area contributed by atoms with Gasteiger partial charge in [0.2, 0.25) is 0 Å². The van der Waals surface area contributed by atoms with Gasteiger partial charge in [-0.05, 0) is 19.3 Å². The van der Waals surface area contributed by atoms with Gasteiger partial charge >= 0.3 is 7.82 Å². The van der Waals surface area contributed by atoms with Crippen LogP contribution in [0.4, 0.5) is 0 Å². The Kier molecular flexibility index (Phi) is 12.1. The third-order valence-corrected chi connectivity index (χ3v) is 5.27. The molecule has 0 aromatic heterocycles. The SMILES string of the molecule is CCC(Cl)COP(=O)(OCC(Cl)CC)OCC(Cl)CC. The molecule has 4 nitrogen and oxygen atoms in total. The summed E-state index contributed by atoms with van der Waals surface area (Å²) in [4.78, 5) is 0. The van der Waals surface area contributed by atoms with Crippen molar-refractivity contribution >= 4 is 42.6 Å². The first-order valence-electron chi connectivity index (χ1n) is 6.82. The average molecular weight is 370 g/mol. The second kappa shape index (κ2) is 11.5. The largest absolute Gasteiger partial charge is 0.474 e. The maximum absolute atomic E-state index is 12.4. The minimum atomic E-state index is -3.67. The van der Waals surface area contributed by atoms with Crippen molar-refractivity contribution in [1.82, 2.24) is 0 Å². The van der Waals surface area contributed by atoms with Crippen LogP contribution in [0.15, 0.2) is 0 Å². The number of phosphoric ester groups is 1. The zero-order valence-electron chi connectivity index (χ0n) is 12.2. The van der Waals surface area contributed by atoms with Gasteiger partial charge in [-0.3, -0.25) is 13.6 Å². The lowest BCUT2D eigenvalue weighted by molar-refractivity contribution is 0.112. The Balaban J connectivity index is 4.45. The van der Waals surface area contributed by atoms with E-state index in [0.717, 1.165) is 0 Å². The molecule has 0 amide bonds. The van der Waals surface area contributed by atoms with Crippen molar-refractivity contribution in [3.63, 3.8) is 0 Å². The summed E-state index contributed by atoms with van der Waals surface area (Å²) in [6.07, 6.45) is 2.09. The van der Waals surface area contributed by atoms with Gasteiger partial charge in [-0.15, -0.1) is 34.8 Å². The summed E-state index contributed by atoms with van der Waals surface area (Å²) in [5.74, 6) is 0. The van der Waals surface area contributed by atoms with E-state index in [4.69, 9.17) is 48.4 Å². The van der Waals surface area contributed by atoms with Gasteiger partial charge in [0.05, 0.1) is 36.0 Å². The van der Waals surface area contributed by atoms with Crippen LogP contribution in [0.5, 0.6) is 0 Å². The predicted octanol–water partition coefficient (Wildman–Crippen LogP) is 5.20. The van der Waals surface area contributed by atoms with Crippen LogP contribution in [0, 0.1) is 0 Å². The van der Waals surface area contributed by atoms with E-state index in [1.807, 2.05) is 20.8 Å². The third-order valence-electron chi connectivity index (χ3n) is 2.57. The van der Waals surface area contributed by atoms with Crippen molar-refractivity contribution in [1.29, 1.82) is 0 Å². The van der Waals surface area contributed by atoms with Crippen molar-refractivity contribution in [2.24, 2.45) is 0 Å². The zero-order valence-corrected chi connectivity index (χ0v) is 15.4. The van der Waals surface area contributed by atoms with Gasteiger partial charge in [0, 0.05) is 0 Å². The molecule has 0 aliphatic rings. The summed E-state index contributed by atoms with van der Waals surface area (Å²) in [7, 11) is -3.67. The van der Waals surface area contributed by atoms with E-state index in [1.165, 1.54) is 0 Å². The molecule has 20 heavy (non-hydrogen) atoms. The summed E-state index contributed by atoms with van der Waals surface area (Å²) < 4.78 is 28.1. The van der Waals surface area contributed by atoms with Gasteiger partial charge in [-0.1, -0.05) is 20.8 Å². The molecule has 0 bridgehead atoms. The second-order valence-corrected chi connectivity index (χ2v) is 7.87. The highest BCUT2D eigenvalue weighted by atomic mass is 35.5. The summed E-state index contributed by atoms with van der Waals surface area (Å²) in [6.45, 7) is 6.00. The summed E-state index contributed by atoms with van der Waals surface area (Å²) in [5, 5.41) is -0.732. The molecule has 0 rings (SSSR count). The van der Waals surface area contributed by atoms with Crippen LogP contribution in [-0.2, 0) is 18.1 Å². The molecule has 122 valence electrons. The Bertz CT molecular complexity index is 251. The number of alkyl halides is 3. The van der Waals surface area contributed by atoms with Gasteiger partial charge < -0.3 is 0 Å². The van der Waals surface area contributed by atoms with Crippen LogP contribution in [0.1, 0.15) is 40.0 Å². The monoisotopic (exact) mass is 368 g/mol. The lowest BCUT2D eigenvalue weighted by atomic mass is 10.4. The lowest BCUT2D eigenvalue weighted by Gasteiger charge is -2.21. The predicted molar refractivity (Wildman–Crippen MR) is 85.3 cm³/mol. The zero-order chi connectivity index (χ0) is 15.6. The van der Waals surface area contributed by atoms with Crippen LogP contribution in [-0.4, -0.2) is 36.0 Å². The van der Waals surface area contributed by atoms with Crippen molar-refractivity contribution < 1.29 is 18.1 Å². The maximum atomic E-state index is 12.4. The number of halogens is 3. The van der Waals surface area contributed by atoms with Crippen molar-refractivity contribution in [2.45, 2.75) is 56.2 Å². The molecule has 0 N–H and O–H groups in total. The van der Waals surface area contributed by atoms with E-state index in [1.54, 1.807) is 0 Å². The Labute approximate surface area is 137 Å². The van der Waals surface area contributed by atoms with Gasteiger partial charge in [-0.2, -0.15) is 0 Å². The Hall–Kier alpha value is 0.980. The molecule has 0 saturated heterocycles. The molecule has 0 aromatic carbocycles. The first kappa shape index (κ1) is 21.0. The van der Waals surface area contributed by atoms with Crippen LogP contribution in [0.3, 0.4) is 0 Å². The molecule has 0 aliphatic heterocycles. The highest BCUT2D eigenvalue weighted by Crippen LogP contribution is 2.50. The highest BCUT2D eigenvalue weighted by molar-refractivity contribution is 7.48. The summed E-state index contributed by atoms with van der Waals surface area (Å²) in [6, 6.07) is 0.